The molecule has 0 atom stereocenters. The number of benzene rings is 2. The second kappa shape index (κ2) is 6.95. The molecule has 7 heteroatoms. The Morgan fingerprint density at radius 2 is 1.93 bits per heavy atom. The lowest BCUT2D eigenvalue weighted by Crippen LogP contribution is -2.23. The van der Waals surface area contributed by atoms with Crippen molar-refractivity contribution in [3.63, 3.8) is 0 Å². The maximum Gasteiger partial charge on any atom is 0.333 e. The Labute approximate surface area is 154 Å². The van der Waals surface area contributed by atoms with Crippen LogP contribution in [0.2, 0.25) is 0 Å². The van der Waals surface area contributed by atoms with E-state index in [9.17, 15) is 9.18 Å². The van der Waals surface area contributed by atoms with Gasteiger partial charge in [-0.05, 0) is 35.4 Å². The Morgan fingerprint density at radius 3 is 2.63 bits per heavy atom. The number of methoxy groups -OCH3 is 1. The van der Waals surface area contributed by atoms with Crippen molar-refractivity contribution in [2.75, 3.05) is 7.11 Å². The fourth-order valence-corrected chi connectivity index (χ4v) is 2.95. The molecule has 4 rings (SSSR count). The van der Waals surface area contributed by atoms with Gasteiger partial charge >= 0.3 is 5.69 Å². The molecule has 0 saturated carbocycles. The average Bonchev–Trinajstić information content (AvgIpc) is 3.34. The number of hydrogen-bond acceptors (Lipinski definition) is 3. The van der Waals surface area contributed by atoms with E-state index >= 15 is 0 Å². The highest BCUT2D eigenvalue weighted by Gasteiger charge is 2.09. The number of H-pyrrole nitrogens is 1. The molecule has 0 fully saturated rings. The Hall–Kier alpha value is -3.61. The Morgan fingerprint density at radius 1 is 1.11 bits per heavy atom. The Bertz CT molecular complexity index is 1110. The number of nitrogens with zero attached hydrogens (tertiary/aromatic N) is 3. The number of halogens is 1. The first-order chi connectivity index (χ1) is 13.2. The Balaban J connectivity index is 1.60. The zero-order valence-electron chi connectivity index (χ0n) is 14.6. The molecule has 0 radical (unpaired) electrons. The molecule has 0 amide bonds. The summed E-state index contributed by atoms with van der Waals surface area (Å²) >= 11 is 0. The standard InChI is InChI=1S/C20H17FN4O2/c1-27-19-10-14(2-7-18(19)21)13-24-8-9-25(20(24)26)17-5-3-15(4-6-17)16-11-22-23-12-16/h2-12H,13H2,1H3,(H,22,23). The van der Waals surface area contributed by atoms with Crippen molar-refractivity contribution >= 4 is 0 Å². The van der Waals surface area contributed by atoms with Crippen LogP contribution in [0.1, 0.15) is 5.56 Å². The third kappa shape index (κ3) is 3.27. The summed E-state index contributed by atoms with van der Waals surface area (Å²) in [5, 5.41) is 6.72. The van der Waals surface area contributed by atoms with Gasteiger partial charge in [0.05, 0.1) is 25.5 Å². The number of imidazole rings is 1. The first kappa shape index (κ1) is 16.8. The number of aromatic nitrogens is 4. The van der Waals surface area contributed by atoms with Gasteiger partial charge in [0.2, 0.25) is 0 Å². The van der Waals surface area contributed by atoms with Crippen LogP contribution >= 0.6 is 0 Å². The number of aromatic amines is 1. The minimum atomic E-state index is -0.427. The van der Waals surface area contributed by atoms with Gasteiger partial charge in [-0.15, -0.1) is 0 Å². The summed E-state index contributed by atoms with van der Waals surface area (Å²) in [5.74, 6) is -0.265. The molecule has 0 aliphatic carbocycles. The minimum absolute atomic E-state index is 0.162. The minimum Gasteiger partial charge on any atom is -0.494 e. The maximum atomic E-state index is 13.5. The third-order valence-corrected chi connectivity index (χ3v) is 4.39. The fourth-order valence-electron chi connectivity index (χ4n) is 2.95. The lowest BCUT2D eigenvalue weighted by Gasteiger charge is -2.06. The van der Waals surface area contributed by atoms with Crippen molar-refractivity contribution in [2.24, 2.45) is 0 Å². The fraction of sp³-hybridized carbons (Fsp3) is 0.100. The lowest BCUT2D eigenvalue weighted by molar-refractivity contribution is 0.385. The summed E-state index contributed by atoms with van der Waals surface area (Å²) < 4.78 is 21.7. The number of ether oxygens (including phenoxy) is 1. The van der Waals surface area contributed by atoms with E-state index in [1.807, 2.05) is 30.5 Å². The predicted molar refractivity (Wildman–Crippen MR) is 99.7 cm³/mol. The number of rotatable bonds is 5. The average molecular weight is 364 g/mol. The zero-order chi connectivity index (χ0) is 18.8. The van der Waals surface area contributed by atoms with Crippen LogP contribution in [0.3, 0.4) is 0 Å². The lowest BCUT2D eigenvalue weighted by atomic mass is 10.1. The van der Waals surface area contributed by atoms with Crippen LogP contribution in [-0.2, 0) is 6.54 Å². The molecule has 0 saturated heterocycles. The first-order valence-electron chi connectivity index (χ1n) is 8.35. The molecule has 136 valence electrons. The second-order valence-electron chi connectivity index (χ2n) is 6.08. The molecule has 0 aliphatic rings. The van der Waals surface area contributed by atoms with Gasteiger partial charge in [0.15, 0.2) is 11.6 Å². The van der Waals surface area contributed by atoms with Crippen LogP contribution in [0, 0.1) is 5.82 Å². The van der Waals surface area contributed by atoms with E-state index < -0.39 is 5.82 Å². The summed E-state index contributed by atoms with van der Waals surface area (Å²) in [4.78, 5) is 12.7. The second-order valence-corrected chi connectivity index (χ2v) is 6.08. The zero-order valence-corrected chi connectivity index (χ0v) is 14.6. The SMILES string of the molecule is COc1cc(Cn2ccn(-c3ccc(-c4cn[nH]c4)cc3)c2=O)ccc1F. The van der Waals surface area contributed by atoms with Gasteiger partial charge in [0.25, 0.3) is 0 Å². The molecule has 0 aliphatic heterocycles. The highest BCUT2D eigenvalue weighted by atomic mass is 19.1. The van der Waals surface area contributed by atoms with Crippen LogP contribution in [0.5, 0.6) is 5.75 Å². The summed E-state index contributed by atoms with van der Waals surface area (Å²) in [6.07, 6.45) is 6.99. The van der Waals surface area contributed by atoms with E-state index in [1.54, 1.807) is 39.9 Å². The predicted octanol–water partition coefficient (Wildman–Crippen LogP) is 3.23. The molecule has 27 heavy (non-hydrogen) atoms. The number of hydrogen-bond donors (Lipinski definition) is 1. The van der Waals surface area contributed by atoms with Crippen molar-refractivity contribution in [3.05, 3.63) is 89.1 Å². The van der Waals surface area contributed by atoms with E-state index in [4.69, 9.17) is 4.74 Å². The molecule has 0 spiro atoms. The summed E-state index contributed by atoms with van der Waals surface area (Å²) in [6, 6.07) is 12.2. The van der Waals surface area contributed by atoms with E-state index in [-0.39, 0.29) is 11.4 Å². The van der Waals surface area contributed by atoms with Gasteiger partial charge in [-0.1, -0.05) is 18.2 Å². The van der Waals surface area contributed by atoms with Crippen LogP contribution in [0.4, 0.5) is 4.39 Å². The van der Waals surface area contributed by atoms with Crippen LogP contribution in [-0.4, -0.2) is 26.4 Å². The summed E-state index contributed by atoms with van der Waals surface area (Å²) in [7, 11) is 1.41. The van der Waals surface area contributed by atoms with Gasteiger partial charge in [0, 0.05) is 24.2 Å². The smallest absolute Gasteiger partial charge is 0.333 e. The molecular weight excluding hydrogens is 347 g/mol. The molecule has 4 aromatic rings. The van der Waals surface area contributed by atoms with Crippen LogP contribution < -0.4 is 10.4 Å². The van der Waals surface area contributed by atoms with Gasteiger partial charge < -0.3 is 4.74 Å². The number of nitrogens with one attached hydrogen (secondary N) is 1. The van der Waals surface area contributed by atoms with Crippen molar-refractivity contribution < 1.29 is 9.13 Å². The first-order valence-corrected chi connectivity index (χ1v) is 8.35. The largest absolute Gasteiger partial charge is 0.494 e. The summed E-state index contributed by atoms with van der Waals surface area (Å²) in [5.41, 5.74) is 3.37. The van der Waals surface area contributed by atoms with Gasteiger partial charge in [0.1, 0.15) is 0 Å². The summed E-state index contributed by atoms with van der Waals surface area (Å²) in [6.45, 7) is 0.329. The van der Waals surface area contributed by atoms with Gasteiger partial charge in [-0.3, -0.25) is 14.2 Å². The van der Waals surface area contributed by atoms with E-state index in [1.165, 1.54) is 13.2 Å². The molecule has 1 N–H and O–H groups in total. The monoisotopic (exact) mass is 364 g/mol. The third-order valence-electron chi connectivity index (χ3n) is 4.39. The molecule has 2 aromatic carbocycles. The van der Waals surface area contributed by atoms with Crippen LogP contribution in [0.15, 0.2) is 72.0 Å². The van der Waals surface area contributed by atoms with Gasteiger partial charge in [-0.25, -0.2) is 9.18 Å². The molecule has 0 bridgehead atoms. The quantitative estimate of drug-likeness (QED) is 0.591. The van der Waals surface area contributed by atoms with Crippen molar-refractivity contribution in [1.82, 2.24) is 19.3 Å². The van der Waals surface area contributed by atoms with E-state index in [0.29, 0.717) is 6.54 Å². The highest BCUT2D eigenvalue weighted by Crippen LogP contribution is 2.20. The Kier molecular flexibility index (Phi) is 4.33. The van der Waals surface area contributed by atoms with E-state index in [0.717, 1.165) is 22.4 Å². The van der Waals surface area contributed by atoms with E-state index in [2.05, 4.69) is 10.2 Å². The highest BCUT2D eigenvalue weighted by molar-refractivity contribution is 5.62. The van der Waals surface area contributed by atoms with Crippen molar-refractivity contribution in [2.45, 2.75) is 6.54 Å². The van der Waals surface area contributed by atoms with Crippen LogP contribution in [0.25, 0.3) is 16.8 Å². The normalized spacial score (nSPS) is 10.9. The van der Waals surface area contributed by atoms with Crippen molar-refractivity contribution in [3.8, 4) is 22.6 Å². The molecule has 2 aromatic heterocycles. The maximum absolute atomic E-state index is 13.5. The molecule has 6 nitrogen and oxygen atoms in total. The molecule has 2 heterocycles. The topological polar surface area (TPSA) is 64.8 Å². The molecule has 0 unspecified atom stereocenters. The molecular formula is C20H17FN4O2. The van der Waals surface area contributed by atoms with Crippen molar-refractivity contribution in [1.29, 1.82) is 0 Å². The van der Waals surface area contributed by atoms with Gasteiger partial charge in [-0.2, -0.15) is 5.10 Å².